The number of benzene rings is 1. The molecule has 0 fully saturated rings. The number of carbonyl (C=O) groups excluding carboxylic acids is 1. The average Bonchev–Trinajstić information content (AvgIpc) is 2.35. The normalized spacial score (nSPS) is 11.5. The first kappa shape index (κ1) is 15.3. The lowest BCUT2D eigenvalue weighted by molar-refractivity contribution is -0.387. The number of anilines is 1. The zero-order valence-corrected chi connectivity index (χ0v) is 9.87. The lowest BCUT2D eigenvalue weighted by atomic mass is 10.2. The Morgan fingerprint density at radius 1 is 1.45 bits per heavy atom. The first-order valence-electron chi connectivity index (χ1n) is 5.20. The summed E-state index contributed by atoms with van der Waals surface area (Å²) in [5.74, 6) is -2.60. The van der Waals surface area contributed by atoms with Gasteiger partial charge in [-0.1, -0.05) is 0 Å². The van der Waals surface area contributed by atoms with Gasteiger partial charge in [-0.2, -0.15) is 4.39 Å². The van der Waals surface area contributed by atoms with E-state index in [1.807, 2.05) is 5.32 Å². The molecule has 4 N–H and O–H groups in total. The molecule has 9 nitrogen and oxygen atoms in total. The van der Waals surface area contributed by atoms with Crippen molar-refractivity contribution in [1.29, 1.82) is 0 Å². The summed E-state index contributed by atoms with van der Waals surface area (Å²) in [6.45, 7) is -0.822. The van der Waals surface area contributed by atoms with Gasteiger partial charge in [-0.3, -0.25) is 10.1 Å². The van der Waals surface area contributed by atoms with E-state index in [1.165, 1.54) is 0 Å². The number of rotatable bonds is 5. The lowest BCUT2D eigenvalue weighted by Gasteiger charge is -2.12. The molecule has 0 saturated heterocycles. The Morgan fingerprint density at radius 2 is 2.10 bits per heavy atom. The van der Waals surface area contributed by atoms with Crippen LogP contribution < -0.4 is 10.6 Å². The van der Waals surface area contributed by atoms with E-state index in [1.54, 1.807) is 0 Å². The Kier molecular flexibility index (Phi) is 4.92. The second-order valence-electron chi connectivity index (χ2n) is 3.60. The molecule has 0 spiro atoms. The fourth-order valence-corrected chi connectivity index (χ4v) is 1.24. The molecule has 0 heterocycles. The SMILES string of the molecule is O=C(Nc1ccc([N+](=O)[O-])c(F)c1)N[C@H](CO)C(=O)O. The maximum atomic E-state index is 13.3. The predicted molar refractivity (Wildman–Crippen MR) is 63.7 cm³/mol. The van der Waals surface area contributed by atoms with Crippen LogP contribution in [-0.2, 0) is 4.79 Å². The van der Waals surface area contributed by atoms with Crippen molar-refractivity contribution in [3.8, 4) is 0 Å². The van der Waals surface area contributed by atoms with Crippen molar-refractivity contribution >= 4 is 23.4 Å². The molecule has 1 aromatic carbocycles. The number of aliphatic carboxylic acids is 1. The Hall–Kier alpha value is -2.75. The summed E-state index contributed by atoms with van der Waals surface area (Å²) in [7, 11) is 0. The summed E-state index contributed by atoms with van der Waals surface area (Å²) in [6.07, 6.45) is 0. The van der Waals surface area contributed by atoms with Crippen molar-refractivity contribution in [3.05, 3.63) is 34.1 Å². The van der Waals surface area contributed by atoms with Gasteiger partial charge in [0.1, 0.15) is 0 Å². The van der Waals surface area contributed by atoms with Gasteiger partial charge in [-0.25, -0.2) is 9.59 Å². The van der Waals surface area contributed by atoms with Crippen LogP contribution in [0.2, 0.25) is 0 Å². The summed E-state index contributed by atoms with van der Waals surface area (Å²) >= 11 is 0. The number of nitro groups is 1. The van der Waals surface area contributed by atoms with Crippen molar-refractivity contribution in [1.82, 2.24) is 5.32 Å². The summed E-state index contributed by atoms with van der Waals surface area (Å²) in [6, 6.07) is 0.130. The number of hydrogen-bond donors (Lipinski definition) is 4. The fourth-order valence-electron chi connectivity index (χ4n) is 1.24. The third-order valence-corrected chi connectivity index (χ3v) is 2.19. The monoisotopic (exact) mass is 287 g/mol. The van der Waals surface area contributed by atoms with Crippen LogP contribution in [0.3, 0.4) is 0 Å². The van der Waals surface area contributed by atoms with E-state index in [0.29, 0.717) is 6.07 Å². The van der Waals surface area contributed by atoms with Crippen LogP contribution in [0.15, 0.2) is 18.2 Å². The highest BCUT2D eigenvalue weighted by molar-refractivity contribution is 5.92. The third-order valence-electron chi connectivity index (χ3n) is 2.19. The molecule has 1 rings (SSSR count). The molecule has 0 saturated carbocycles. The molecule has 1 atom stereocenters. The Morgan fingerprint density at radius 3 is 2.55 bits per heavy atom. The van der Waals surface area contributed by atoms with Crippen LogP contribution in [0.4, 0.5) is 20.6 Å². The quantitative estimate of drug-likeness (QED) is 0.453. The van der Waals surface area contributed by atoms with E-state index in [-0.39, 0.29) is 5.69 Å². The van der Waals surface area contributed by atoms with Crippen molar-refractivity contribution in [3.63, 3.8) is 0 Å². The van der Waals surface area contributed by atoms with Crippen molar-refractivity contribution in [2.45, 2.75) is 6.04 Å². The molecule has 2 amide bonds. The minimum absolute atomic E-state index is 0.104. The predicted octanol–water partition coefficient (Wildman–Crippen LogP) is 0.301. The van der Waals surface area contributed by atoms with Gasteiger partial charge in [0.25, 0.3) is 0 Å². The van der Waals surface area contributed by atoms with Crippen molar-refractivity contribution < 1.29 is 29.1 Å². The third kappa shape index (κ3) is 3.88. The fraction of sp³-hybridized carbons (Fsp3) is 0.200. The average molecular weight is 287 g/mol. The lowest BCUT2D eigenvalue weighted by Crippen LogP contribution is -2.45. The molecule has 0 aliphatic rings. The number of nitrogens with zero attached hydrogens (tertiary/aromatic N) is 1. The van der Waals surface area contributed by atoms with Crippen molar-refractivity contribution in [2.75, 3.05) is 11.9 Å². The topological polar surface area (TPSA) is 142 Å². The number of amides is 2. The highest BCUT2D eigenvalue weighted by Crippen LogP contribution is 2.20. The van der Waals surface area contributed by atoms with Crippen LogP contribution in [0.5, 0.6) is 0 Å². The van der Waals surface area contributed by atoms with E-state index in [2.05, 4.69) is 5.32 Å². The number of nitrogens with one attached hydrogen (secondary N) is 2. The highest BCUT2D eigenvalue weighted by atomic mass is 19.1. The van der Waals surface area contributed by atoms with Gasteiger partial charge in [0.2, 0.25) is 5.82 Å². The smallest absolute Gasteiger partial charge is 0.328 e. The molecule has 0 aliphatic heterocycles. The van der Waals surface area contributed by atoms with Crippen LogP contribution in [0.25, 0.3) is 0 Å². The van der Waals surface area contributed by atoms with E-state index in [9.17, 15) is 24.1 Å². The number of aliphatic hydroxyl groups is 1. The highest BCUT2D eigenvalue weighted by Gasteiger charge is 2.19. The van der Waals surface area contributed by atoms with Gasteiger partial charge in [0.15, 0.2) is 6.04 Å². The van der Waals surface area contributed by atoms with E-state index in [0.717, 1.165) is 12.1 Å². The first-order chi connectivity index (χ1) is 9.35. The molecule has 0 aromatic heterocycles. The molecule has 0 unspecified atom stereocenters. The Balaban J connectivity index is 2.74. The number of aliphatic hydroxyl groups excluding tert-OH is 1. The second-order valence-corrected chi connectivity index (χ2v) is 3.60. The van der Waals surface area contributed by atoms with E-state index >= 15 is 0 Å². The van der Waals surface area contributed by atoms with Crippen LogP contribution >= 0.6 is 0 Å². The number of carbonyl (C=O) groups is 2. The van der Waals surface area contributed by atoms with Gasteiger partial charge < -0.3 is 20.8 Å². The maximum absolute atomic E-state index is 13.3. The standard InChI is InChI=1S/C10H10FN3O6/c11-6-3-5(1-2-8(6)14(19)20)12-10(18)13-7(4-15)9(16)17/h1-3,7,15H,4H2,(H,16,17)(H2,12,13,18)/t7-/m1/s1. The van der Waals surface area contributed by atoms with Gasteiger partial charge in [-0.05, 0) is 6.07 Å². The largest absolute Gasteiger partial charge is 0.480 e. The van der Waals surface area contributed by atoms with E-state index < -0.39 is 41.1 Å². The Labute approximate surface area is 111 Å². The molecule has 10 heteroatoms. The van der Waals surface area contributed by atoms with Gasteiger partial charge >= 0.3 is 17.7 Å². The number of hydrogen-bond acceptors (Lipinski definition) is 5. The molecular formula is C10H10FN3O6. The molecule has 0 radical (unpaired) electrons. The van der Waals surface area contributed by atoms with Gasteiger partial charge in [-0.15, -0.1) is 0 Å². The van der Waals surface area contributed by atoms with Crippen LogP contribution in [0.1, 0.15) is 0 Å². The van der Waals surface area contributed by atoms with Gasteiger partial charge in [0.05, 0.1) is 11.5 Å². The molecule has 108 valence electrons. The molecule has 20 heavy (non-hydrogen) atoms. The number of carboxylic acid groups (broad SMARTS) is 1. The van der Waals surface area contributed by atoms with Crippen LogP contribution in [-0.4, -0.2) is 39.8 Å². The molecular weight excluding hydrogens is 277 g/mol. The second kappa shape index (κ2) is 6.43. The first-order valence-corrected chi connectivity index (χ1v) is 5.20. The minimum atomic E-state index is -1.52. The summed E-state index contributed by atoms with van der Waals surface area (Å²) < 4.78 is 13.3. The van der Waals surface area contributed by atoms with Crippen LogP contribution in [0, 0.1) is 15.9 Å². The summed E-state index contributed by atoms with van der Waals surface area (Å²) in [4.78, 5) is 31.4. The molecule has 0 aliphatic carbocycles. The van der Waals surface area contributed by atoms with Gasteiger partial charge in [0, 0.05) is 17.8 Å². The maximum Gasteiger partial charge on any atom is 0.328 e. The van der Waals surface area contributed by atoms with E-state index in [4.69, 9.17) is 10.2 Å². The summed E-state index contributed by atoms with van der Waals surface area (Å²) in [5.41, 5.74) is -0.859. The molecule has 1 aromatic rings. The minimum Gasteiger partial charge on any atom is -0.480 e. The molecule has 0 bridgehead atoms. The zero-order valence-electron chi connectivity index (χ0n) is 9.87. The number of halogens is 1. The number of nitro benzene ring substituents is 1. The number of urea groups is 1. The van der Waals surface area contributed by atoms with Crippen molar-refractivity contribution in [2.24, 2.45) is 0 Å². The Bertz CT molecular complexity index is 550. The summed E-state index contributed by atoms with van der Waals surface area (Å²) in [5, 5.41) is 31.7. The number of carboxylic acids is 1. The zero-order chi connectivity index (χ0) is 15.3.